The topological polar surface area (TPSA) is 64.7 Å². The lowest BCUT2D eigenvalue weighted by atomic mass is 10.1. The average molecular weight is 311 g/mol. The van der Waals surface area contributed by atoms with Gasteiger partial charge in [0.05, 0.1) is 18.2 Å². The van der Waals surface area contributed by atoms with Gasteiger partial charge in [0, 0.05) is 4.70 Å². The van der Waals surface area contributed by atoms with Crippen LogP contribution in [0.25, 0.3) is 10.1 Å². The summed E-state index contributed by atoms with van der Waals surface area (Å²) in [6, 6.07) is 5.69. The van der Waals surface area contributed by atoms with Gasteiger partial charge in [-0.25, -0.2) is 9.79 Å². The minimum absolute atomic E-state index is 0.189. The fourth-order valence-electron chi connectivity index (χ4n) is 1.87. The van der Waals surface area contributed by atoms with E-state index in [2.05, 4.69) is 4.99 Å². The number of hydrogen-bond acceptors (Lipinski definition) is 4. The standard InChI is InChI=1S/C14H15ClN2O2S/c1-3-19-14(18)13-8(2)10-6-9(17-12(16)7-15)4-5-11(10)20-13/h4-6H,3,7H2,1-2H3,(H2,16,17). The number of carbonyl (C=O) groups is 1. The molecule has 0 aliphatic rings. The van der Waals surface area contributed by atoms with Crippen LogP contribution in [0.3, 0.4) is 0 Å². The lowest BCUT2D eigenvalue weighted by molar-refractivity contribution is 0.0531. The van der Waals surface area contributed by atoms with Crippen LogP contribution in [-0.4, -0.2) is 24.3 Å². The molecule has 1 aromatic carbocycles. The second kappa shape index (κ2) is 6.24. The Labute approximate surface area is 126 Å². The van der Waals surface area contributed by atoms with Crippen molar-refractivity contribution in [2.24, 2.45) is 10.7 Å². The first kappa shape index (κ1) is 14.8. The summed E-state index contributed by atoms with van der Waals surface area (Å²) in [5.74, 6) is 0.274. The molecule has 1 heterocycles. The molecular formula is C14H15ClN2O2S. The molecule has 2 rings (SSSR count). The number of esters is 1. The number of fused-ring (bicyclic) bond motifs is 1. The summed E-state index contributed by atoms with van der Waals surface area (Å²) in [5.41, 5.74) is 7.26. The third-order valence-corrected chi connectivity index (χ3v) is 4.32. The van der Waals surface area contributed by atoms with Gasteiger partial charge in [-0.05, 0) is 43.0 Å². The van der Waals surface area contributed by atoms with Crippen LogP contribution in [0.1, 0.15) is 22.2 Å². The molecule has 0 aliphatic heterocycles. The van der Waals surface area contributed by atoms with E-state index >= 15 is 0 Å². The number of rotatable bonds is 4. The summed E-state index contributed by atoms with van der Waals surface area (Å²) >= 11 is 7.04. The molecule has 2 N–H and O–H groups in total. The van der Waals surface area contributed by atoms with Crippen LogP contribution < -0.4 is 5.73 Å². The molecule has 1 aromatic heterocycles. The lowest BCUT2D eigenvalue weighted by Crippen LogP contribution is -2.12. The molecule has 0 spiro atoms. The molecule has 0 bridgehead atoms. The summed E-state index contributed by atoms with van der Waals surface area (Å²) in [5, 5.41) is 0.988. The van der Waals surface area contributed by atoms with Gasteiger partial charge in [0.15, 0.2) is 0 Å². The van der Waals surface area contributed by atoms with Crippen molar-refractivity contribution in [1.82, 2.24) is 0 Å². The smallest absolute Gasteiger partial charge is 0.348 e. The van der Waals surface area contributed by atoms with Gasteiger partial charge in [-0.1, -0.05) is 0 Å². The molecule has 106 valence electrons. The third-order valence-electron chi connectivity index (χ3n) is 2.79. The van der Waals surface area contributed by atoms with Crippen molar-refractivity contribution in [2.45, 2.75) is 13.8 Å². The van der Waals surface area contributed by atoms with Crippen molar-refractivity contribution in [3.05, 3.63) is 28.6 Å². The van der Waals surface area contributed by atoms with E-state index in [1.807, 2.05) is 25.1 Å². The number of halogens is 1. The number of nitrogens with zero attached hydrogens (tertiary/aromatic N) is 1. The van der Waals surface area contributed by atoms with Crippen LogP contribution in [0.4, 0.5) is 5.69 Å². The van der Waals surface area contributed by atoms with Gasteiger partial charge in [0.1, 0.15) is 10.7 Å². The van der Waals surface area contributed by atoms with E-state index < -0.39 is 0 Å². The SMILES string of the molecule is CCOC(=O)c1sc2ccc(N=C(N)CCl)cc2c1C. The van der Waals surface area contributed by atoms with Crippen LogP contribution in [0, 0.1) is 6.92 Å². The largest absolute Gasteiger partial charge is 0.462 e. The first-order valence-electron chi connectivity index (χ1n) is 6.16. The Hall–Kier alpha value is -1.59. The fourth-order valence-corrected chi connectivity index (χ4v) is 3.01. The Balaban J connectivity index is 2.48. The zero-order chi connectivity index (χ0) is 14.7. The van der Waals surface area contributed by atoms with Gasteiger partial charge in [-0.15, -0.1) is 22.9 Å². The molecule has 0 fully saturated rings. The number of aryl methyl sites for hydroxylation is 1. The minimum Gasteiger partial charge on any atom is -0.462 e. The monoisotopic (exact) mass is 310 g/mol. The van der Waals surface area contributed by atoms with Gasteiger partial charge < -0.3 is 10.5 Å². The van der Waals surface area contributed by atoms with Crippen molar-refractivity contribution < 1.29 is 9.53 Å². The Morgan fingerprint density at radius 1 is 1.50 bits per heavy atom. The van der Waals surface area contributed by atoms with Gasteiger partial charge in [-0.2, -0.15) is 0 Å². The lowest BCUT2D eigenvalue weighted by Gasteiger charge is -2.00. The Kier molecular flexibility index (Phi) is 4.62. The highest BCUT2D eigenvalue weighted by Crippen LogP contribution is 2.33. The van der Waals surface area contributed by atoms with Gasteiger partial charge >= 0.3 is 5.97 Å². The zero-order valence-electron chi connectivity index (χ0n) is 11.3. The third kappa shape index (κ3) is 2.94. The van der Waals surface area contributed by atoms with E-state index in [1.54, 1.807) is 6.92 Å². The number of ether oxygens (including phenoxy) is 1. The Bertz CT molecular complexity index is 679. The summed E-state index contributed by atoms with van der Waals surface area (Å²) < 4.78 is 6.08. The average Bonchev–Trinajstić information content (AvgIpc) is 2.76. The number of thiophene rings is 1. The van der Waals surface area contributed by atoms with Crippen molar-refractivity contribution >= 4 is 50.5 Å². The second-order valence-electron chi connectivity index (χ2n) is 4.19. The number of aliphatic imine (C=N–C) groups is 1. The maximum absolute atomic E-state index is 11.9. The van der Waals surface area contributed by atoms with Crippen LogP contribution >= 0.6 is 22.9 Å². The van der Waals surface area contributed by atoms with E-state index in [0.29, 0.717) is 17.3 Å². The summed E-state index contributed by atoms with van der Waals surface area (Å²) in [6.07, 6.45) is 0. The predicted molar refractivity (Wildman–Crippen MR) is 84.5 cm³/mol. The molecule has 0 aliphatic carbocycles. The fraction of sp³-hybridized carbons (Fsp3) is 0.286. The number of alkyl halides is 1. The summed E-state index contributed by atoms with van der Waals surface area (Å²) in [6.45, 7) is 4.07. The highest BCUT2D eigenvalue weighted by molar-refractivity contribution is 7.21. The zero-order valence-corrected chi connectivity index (χ0v) is 12.8. The van der Waals surface area contributed by atoms with Crippen LogP contribution in [0.5, 0.6) is 0 Å². The summed E-state index contributed by atoms with van der Waals surface area (Å²) in [4.78, 5) is 16.7. The molecule has 2 aromatic rings. The number of hydrogen-bond donors (Lipinski definition) is 1. The maximum atomic E-state index is 11.9. The molecule has 0 saturated heterocycles. The maximum Gasteiger partial charge on any atom is 0.348 e. The molecule has 20 heavy (non-hydrogen) atoms. The molecule has 0 saturated carbocycles. The Morgan fingerprint density at radius 3 is 2.90 bits per heavy atom. The van der Waals surface area contributed by atoms with Gasteiger partial charge in [-0.3, -0.25) is 0 Å². The van der Waals surface area contributed by atoms with Gasteiger partial charge in [0.2, 0.25) is 0 Å². The number of nitrogens with two attached hydrogens (primary N) is 1. The summed E-state index contributed by atoms with van der Waals surface area (Å²) in [7, 11) is 0. The molecule has 0 unspecified atom stereocenters. The van der Waals surface area contributed by atoms with Crippen molar-refractivity contribution in [3.8, 4) is 0 Å². The normalized spacial score (nSPS) is 11.8. The molecular weight excluding hydrogens is 296 g/mol. The highest BCUT2D eigenvalue weighted by atomic mass is 35.5. The molecule has 0 amide bonds. The van der Waals surface area contributed by atoms with E-state index in [1.165, 1.54) is 11.3 Å². The first-order chi connectivity index (χ1) is 9.56. The molecule has 0 atom stereocenters. The molecule has 6 heteroatoms. The first-order valence-corrected chi connectivity index (χ1v) is 7.51. The van der Waals surface area contributed by atoms with Crippen molar-refractivity contribution in [1.29, 1.82) is 0 Å². The predicted octanol–water partition coefficient (Wildman–Crippen LogP) is 3.61. The number of carbonyl (C=O) groups excluding carboxylic acids is 1. The van der Waals surface area contributed by atoms with E-state index in [-0.39, 0.29) is 11.8 Å². The van der Waals surface area contributed by atoms with Crippen LogP contribution in [0.2, 0.25) is 0 Å². The molecule has 4 nitrogen and oxygen atoms in total. The van der Waals surface area contributed by atoms with Gasteiger partial charge in [0.25, 0.3) is 0 Å². The Morgan fingerprint density at radius 2 is 2.25 bits per heavy atom. The number of benzene rings is 1. The quantitative estimate of drug-likeness (QED) is 0.406. The number of amidine groups is 1. The van der Waals surface area contributed by atoms with E-state index in [0.717, 1.165) is 21.3 Å². The molecule has 0 radical (unpaired) electrons. The van der Waals surface area contributed by atoms with Crippen molar-refractivity contribution in [3.63, 3.8) is 0 Å². The van der Waals surface area contributed by atoms with Crippen LogP contribution in [0.15, 0.2) is 23.2 Å². The van der Waals surface area contributed by atoms with Crippen LogP contribution in [-0.2, 0) is 4.74 Å². The highest BCUT2D eigenvalue weighted by Gasteiger charge is 2.16. The second-order valence-corrected chi connectivity index (χ2v) is 5.51. The van der Waals surface area contributed by atoms with Crippen molar-refractivity contribution in [2.75, 3.05) is 12.5 Å². The van der Waals surface area contributed by atoms with E-state index in [9.17, 15) is 4.79 Å². The van der Waals surface area contributed by atoms with E-state index in [4.69, 9.17) is 22.1 Å². The minimum atomic E-state index is -0.281.